The molecule has 0 radical (unpaired) electrons. The number of carbonyl (C=O) groups excluding carboxylic acids is 1. The highest BCUT2D eigenvalue weighted by Crippen LogP contribution is 2.41. The van der Waals surface area contributed by atoms with Crippen LogP contribution in [0, 0.1) is 0 Å². The van der Waals surface area contributed by atoms with Gasteiger partial charge in [-0.1, -0.05) is 50.1 Å². The van der Waals surface area contributed by atoms with Crippen molar-refractivity contribution in [2.45, 2.75) is 5.33 Å². The third-order valence-corrected chi connectivity index (χ3v) is 5.26. The Morgan fingerprint density at radius 3 is 2.30 bits per heavy atom. The summed E-state index contributed by atoms with van der Waals surface area (Å²) in [5.41, 5.74) is 1.48. The van der Waals surface area contributed by atoms with E-state index in [-0.39, 0.29) is 0 Å². The summed E-state index contributed by atoms with van der Waals surface area (Å²) >= 11 is 13.8. The zero-order valence-corrected chi connectivity index (χ0v) is 16.3. The van der Waals surface area contributed by atoms with Gasteiger partial charge in [0.25, 0.3) is 0 Å². The van der Waals surface area contributed by atoms with Gasteiger partial charge in [-0.2, -0.15) is 0 Å². The van der Waals surface area contributed by atoms with E-state index in [9.17, 15) is 4.79 Å². The molecule has 6 heteroatoms. The summed E-state index contributed by atoms with van der Waals surface area (Å²) in [6.07, 6.45) is 0. The van der Waals surface area contributed by atoms with E-state index in [4.69, 9.17) is 4.74 Å². The second-order valence-electron chi connectivity index (χ2n) is 3.85. The molecule has 0 aliphatic heterocycles. The van der Waals surface area contributed by atoms with Crippen LogP contribution in [0.25, 0.3) is 0 Å². The van der Waals surface area contributed by atoms with Crippen molar-refractivity contribution < 1.29 is 9.53 Å². The first kappa shape index (κ1) is 16.2. The molecule has 2 nitrogen and oxygen atoms in total. The second kappa shape index (κ2) is 7.20. The average molecular weight is 528 g/mol. The standard InChI is InChI=1S/C14H8Br4O2/c15-7-9-10(16)6-11(17)13(12(9)18)20-14(19)8-4-2-1-3-5-8/h1-6H,7H2. The number of rotatable bonds is 3. The number of ether oxygens (including phenoxy) is 1. The maximum absolute atomic E-state index is 12.1. The summed E-state index contributed by atoms with van der Waals surface area (Å²) in [6, 6.07) is 10.7. The van der Waals surface area contributed by atoms with Crippen molar-refractivity contribution in [1.29, 1.82) is 0 Å². The molecule has 0 saturated carbocycles. The third kappa shape index (κ3) is 3.53. The molecule has 0 aliphatic carbocycles. The molecule has 0 N–H and O–H groups in total. The summed E-state index contributed by atoms with van der Waals surface area (Å²) in [7, 11) is 0. The number of carbonyl (C=O) groups is 1. The van der Waals surface area contributed by atoms with Crippen molar-refractivity contribution in [3.63, 3.8) is 0 Å². The number of halogens is 4. The van der Waals surface area contributed by atoms with Gasteiger partial charge in [0.15, 0.2) is 5.75 Å². The fourth-order valence-corrected chi connectivity index (χ4v) is 5.45. The predicted octanol–water partition coefficient (Wildman–Crippen LogP) is 6.09. The van der Waals surface area contributed by atoms with Crippen LogP contribution in [0.1, 0.15) is 15.9 Å². The first-order chi connectivity index (χ1) is 9.54. The van der Waals surface area contributed by atoms with E-state index in [0.29, 0.717) is 21.1 Å². The van der Waals surface area contributed by atoms with Gasteiger partial charge in [0.05, 0.1) is 14.5 Å². The summed E-state index contributed by atoms with van der Waals surface area (Å²) in [5.74, 6) is 0.0753. The number of esters is 1. The van der Waals surface area contributed by atoms with Crippen LogP contribution in [0.2, 0.25) is 0 Å². The Morgan fingerprint density at radius 1 is 1.05 bits per heavy atom. The minimum Gasteiger partial charge on any atom is -0.420 e. The van der Waals surface area contributed by atoms with Crippen molar-refractivity contribution in [2.24, 2.45) is 0 Å². The van der Waals surface area contributed by atoms with Crippen molar-refractivity contribution in [3.05, 3.63) is 60.9 Å². The Balaban J connectivity index is 2.37. The topological polar surface area (TPSA) is 26.3 Å². The lowest BCUT2D eigenvalue weighted by Crippen LogP contribution is -2.09. The largest absolute Gasteiger partial charge is 0.420 e. The number of benzene rings is 2. The smallest absolute Gasteiger partial charge is 0.343 e. The van der Waals surface area contributed by atoms with E-state index in [2.05, 4.69) is 63.7 Å². The summed E-state index contributed by atoms with van der Waals surface area (Å²) in [5, 5.41) is 0.636. The summed E-state index contributed by atoms with van der Waals surface area (Å²) in [4.78, 5) is 12.1. The highest BCUT2D eigenvalue weighted by Gasteiger charge is 2.18. The molecule has 0 aromatic heterocycles. The highest BCUT2D eigenvalue weighted by atomic mass is 79.9. The first-order valence-electron chi connectivity index (χ1n) is 5.54. The normalized spacial score (nSPS) is 10.4. The molecule has 2 aromatic rings. The van der Waals surface area contributed by atoms with Gasteiger partial charge in [0.2, 0.25) is 0 Å². The maximum Gasteiger partial charge on any atom is 0.343 e. The lowest BCUT2D eigenvalue weighted by Gasteiger charge is -2.13. The molecule has 0 fully saturated rings. The van der Waals surface area contributed by atoms with Crippen LogP contribution < -0.4 is 4.74 Å². The molecule has 0 amide bonds. The van der Waals surface area contributed by atoms with Gasteiger partial charge in [-0.15, -0.1) is 0 Å². The molecule has 2 aromatic carbocycles. The lowest BCUT2D eigenvalue weighted by atomic mass is 10.2. The van der Waals surface area contributed by atoms with Gasteiger partial charge < -0.3 is 4.74 Å². The molecule has 0 spiro atoms. The van der Waals surface area contributed by atoms with Crippen LogP contribution in [-0.4, -0.2) is 5.97 Å². The highest BCUT2D eigenvalue weighted by molar-refractivity contribution is 9.12. The van der Waals surface area contributed by atoms with E-state index in [1.807, 2.05) is 12.1 Å². The van der Waals surface area contributed by atoms with Crippen LogP contribution in [0.3, 0.4) is 0 Å². The van der Waals surface area contributed by atoms with Crippen molar-refractivity contribution in [3.8, 4) is 5.75 Å². The summed E-state index contributed by atoms with van der Waals surface area (Å²) < 4.78 is 7.84. The SMILES string of the molecule is O=C(Oc1c(Br)cc(Br)c(CBr)c1Br)c1ccccc1. The van der Waals surface area contributed by atoms with Gasteiger partial charge in [-0.05, 0) is 55.6 Å². The maximum atomic E-state index is 12.1. The average Bonchev–Trinajstić information content (AvgIpc) is 2.44. The minimum absolute atomic E-state index is 0.394. The number of hydrogen-bond acceptors (Lipinski definition) is 2. The molecular formula is C14H8Br4O2. The third-order valence-electron chi connectivity index (χ3n) is 2.56. The van der Waals surface area contributed by atoms with Gasteiger partial charge in [0.1, 0.15) is 0 Å². The van der Waals surface area contributed by atoms with Crippen LogP contribution >= 0.6 is 63.7 Å². The van der Waals surface area contributed by atoms with Crippen LogP contribution in [-0.2, 0) is 5.33 Å². The van der Waals surface area contributed by atoms with E-state index in [0.717, 1.165) is 14.5 Å². The number of alkyl halides is 1. The fourth-order valence-electron chi connectivity index (χ4n) is 1.55. The van der Waals surface area contributed by atoms with Gasteiger partial charge >= 0.3 is 5.97 Å². The van der Waals surface area contributed by atoms with Crippen LogP contribution in [0.5, 0.6) is 5.75 Å². The Bertz CT molecular complexity index is 641. The molecule has 2 rings (SSSR count). The Hall–Kier alpha value is -0.170. The quantitative estimate of drug-likeness (QED) is 0.274. The zero-order valence-electron chi connectivity index (χ0n) is 10.00. The molecule has 0 saturated heterocycles. The van der Waals surface area contributed by atoms with Crippen LogP contribution in [0.4, 0.5) is 0 Å². The first-order valence-corrected chi connectivity index (χ1v) is 9.04. The van der Waals surface area contributed by atoms with Crippen molar-refractivity contribution >= 4 is 69.7 Å². The Labute approximate surface area is 150 Å². The van der Waals surface area contributed by atoms with Crippen molar-refractivity contribution in [1.82, 2.24) is 0 Å². The monoisotopic (exact) mass is 524 g/mol. The number of hydrogen-bond donors (Lipinski definition) is 0. The molecule has 0 unspecified atom stereocenters. The molecule has 0 aliphatic rings. The fraction of sp³-hybridized carbons (Fsp3) is 0.0714. The van der Waals surface area contributed by atoms with Gasteiger partial charge in [0, 0.05) is 9.80 Å². The molecule has 0 heterocycles. The van der Waals surface area contributed by atoms with Gasteiger partial charge in [-0.25, -0.2) is 4.79 Å². The Kier molecular flexibility index (Phi) is 5.84. The lowest BCUT2D eigenvalue weighted by molar-refractivity contribution is 0.0732. The predicted molar refractivity (Wildman–Crippen MR) is 93.6 cm³/mol. The second-order valence-corrected chi connectivity index (χ2v) is 6.91. The van der Waals surface area contributed by atoms with Crippen molar-refractivity contribution in [2.75, 3.05) is 0 Å². The molecular weight excluding hydrogens is 520 g/mol. The molecule has 0 bridgehead atoms. The molecule has 104 valence electrons. The van der Waals surface area contributed by atoms with E-state index in [1.165, 1.54) is 0 Å². The minimum atomic E-state index is -0.394. The van der Waals surface area contributed by atoms with E-state index >= 15 is 0 Å². The van der Waals surface area contributed by atoms with Gasteiger partial charge in [-0.3, -0.25) is 0 Å². The van der Waals surface area contributed by atoms with E-state index in [1.54, 1.807) is 24.3 Å². The van der Waals surface area contributed by atoms with E-state index < -0.39 is 5.97 Å². The summed E-state index contributed by atoms with van der Waals surface area (Å²) in [6.45, 7) is 0. The molecule has 0 atom stereocenters. The Morgan fingerprint density at radius 2 is 1.70 bits per heavy atom. The zero-order chi connectivity index (χ0) is 14.7. The molecule has 20 heavy (non-hydrogen) atoms. The van der Waals surface area contributed by atoms with Crippen LogP contribution in [0.15, 0.2) is 49.8 Å².